The molecule has 0 unspecified atom stereocenters. The molecule has 6 nitrogen and oxygen atoms in total. The Morgan fingerprint density at radius 1 is 1.55 bits per heavy atom. The predicted molar refractivity (Wildman–Crippen MR) is 94.5 cm³/mol. The zero-order valence-electron chi connectivity index (χ0n) is 11.3. The highest BCUT2D eigenvalue weighted by molar-refractivity contribution is 7.98. The van der Waals surface area contributed by atoms with E-state index in [1.165, 1.54) is 23.2 Å². The van der Waals surface area contributed by atoms with E-state index in [9.17, 15) is 10.1 Å². The molecule has 0 amide bonds. The van der Waals surface area contributed by atoms with E-state index in [4.69, 9.17) is 5.73 Å². The third kappa shape index (κ3) is 4.79. The lowest BCUT2D eigenvalue weighted by molar-refractivity contribution is -0.384. The van der Waals surface area contributed by atoms with Crippen molar-refractivity contribution >= 4 is 52.3 Å². The summed E-state index contributed by atoms with van der Waals surface area (Å²) >= 11 is 7.92. The van der Waals surface area contributed by atoms with Crippen molar-refractivity contribution < 1.29 is 4.92 Å². The van der Waals surface area contributed by atoms with E-state index in [1.54, 1.807) is 29.2 Å². The third-order valence-electron chi connectivity index (χ3n) is 2.53. The molecular weight excluding hydrogens is 340 g/mol. The average molecular weight is 352 g/mol. The van der Waals surface area contributed by atoms with Crippen LogP contribution >= 0.6 is 35.3 Å². The van der Waals surface area contributed by atoms with Gasteiger partial charge in [-0.3, -0.25) is 15.5 Å². The van der Waals surface area contributed by atoms with Crippen LogP contribution in [0.4, 0.5) is 5.69 Å². The lowest BCUT2D eigenvalue weighted by Gasteiger charge is -2.05. The third-order valence-corrected chi connectivity index (χ3v) is 4.82. The highest BCUT2D eigenvalue weighted by Crippen LogP contribution is 2.29. The van der Waals surface area contributed by atoms with Crippen LogP contribution in [-0.2, 0) is 5.75 Å². The Kier molecular flexibility index (Phi) is 5.87. The Hall–Kier alpha value is -1.97. The molecule has 9 heteroatoms. The fraction of sp³-hybridized carbons (Fsp3) is 0.0769. The van der Waals surface area contributed by atoms with Crippen molar-refractivity contribution in [2.24, 2.45) is 10.8 Å². The number of thiocarbonyl (C=S) groups is 1. The summed E-state index contributed by atoms with van der Waals surface area (Å²) in [6.07, 6.45) is 1.48. The van der Waals surface area contributed by atoms with Gasteiger partial charge < -0.3 is 5.73 Å². The lowest BCUT2D eigenvalue weighted by atomic mass is 10.2. The van der Waals surface area contributed by atoms with Crippen LogP contribution in [0.1, 0.15) is 10.4 Å². The summed E-state index contributed by atoms with van der Waals surface area (Å²) in [7, 11) is 0. The number of rotatable bonds is 6. The number of hydrazone groups is 1. The maximum atomic E-state index is 10.9. The second kappa shape index (κ2) is 7.87. The molecule has 1 aromatic heterocycles. The number of hydrogen-bond acceptors (Lipinski definition) is 6. The first kappa shape index (κ1) is 16.4. The lowest BCUT2D eigenvalue weighted by Crippen LogP contribution is -2.24. The van der Waals surface area contributed by atoms with Crippen LogP contribution in [0, 0.1) is 10.1 Å². The van der Waals surface area contributed by atoms with Gasteiger partial charge in [0.25, 0.3) is 5.69 Å². The molecule has 114 valence electrons. The number of non-ortho nitro benzene ring substituents is 1. The average Bonchev–Trinajstić information content (AvgIpc) is 2.98. The summed E-state index contributed by atoms with van der Waals surface area (Å²) in [6, 6.07) is 8.71. The number of nitrogens with two attached hydrogens (primary N) is 1. The van der Waals surface area contributed by atoms with Crippen molar-refractivity contribution in [1.82, 2.24) is 5.43 Å². The van der Waals surface area contributed by atoms with E-state index >= 15 is 0 Å². The van der Waals surface area contributed by atoms with Gasteiger partial charge in [-0.15, -0.1) is 23.1 Å². The van der Waals surface area contributed by atoms with Gasteiger partial charge in [0.15, 0.2) is 5.11 Å². The minimum atomic E-state index is -0.438. The smallest absolute Gasteiger partial charge is 0.270 e. The van der Waals surface area contributed by atoms with E-state index in [0.717, 1.165) is 10.6 Å². The molecule has 0 saturated heterocycles. The summed E-state index contributed by atoms with van der Waals surface area (Å²) in [6.45, 7) is 0. The standard InChI is InChI=1S/C13H12N4O2S3/c14-13(20)16-15-7-9-6-10(17(18)19)3-4-12(9)22-8-11-2-1-5-21-11/h1-7H,8H2,(H3,14,16,20)/b15-7-. The molecule has 0 fully saturated rings. The second-order valence-electron chi connectivity index (χ2n) is 4.08. The van der Waals surface area contributed by atoms with Crippen molar-refractivity contribution in [3.63, 3.8) is 0 Å². The normalized spacial score (nSPS) is 10.7. The van der Waals surface area contributed by atoms with Crippen LogP contribution in [0.3, 0.4) is 0 Å². The monoisotopic (exact) mass is 352 g/mol. The van der Waals surface area contributed by atoms with Crippen molar-refractivity contribution in [1.29, 1.82) is 0 Å². The number of thioether (sulfide) groups is 1. The molecular formula is C13H12N4O2S3. The van der Waals surface area contributed by atoms with Crippen molar-refractivity contribution in [3.05, 3.63) is 56.3 Å². The van der Waals surface area contributed by atoms with Gasteiger partial charge in [-0.1, -0.05) is 6.07 Å². The van der Waals surface area contributed by atoms with Gasteiger partial charge in [0, 0.05) is 33.2 Å². The first-order chi connectivity index (χ1) is 10.6. The van der Waals surface area contributed by atoms with E-state index in [0.29, 0.717) is 5.56 Å². The van der Waals surface area contributed by atoms with E-state index < -0.39 is 4.92 Å². The van der Waals surface area contributed by atoms with Crippen molar-refractivity contribution in [2.75, 3.05) is 0 Å². The number of nitro groups is 1. The molecule has 1 aromatic carbocycles. The summed E-state index contributed by atoms with van der Waals surface area (Å²) in [5, 5.41) is 16.8. The van der Waals surface area contributed by atoms with Crippen LogP contribution in [-0.4, -0.2) is 16.3 Å². The highest BCUT2D eigenvalue weighted by Gasteiger charge is 2.10. The van der Waals surface area contributed by atoms with Gasteiger partial charge in [-0.25, -0.2) is 0 Å². The highest BCUT2D eigenvalue weighted by atomic mass is 32.2. The maximum Gasteiger partial charge on any atom is 0.270 e. The zero-order valence-corrected chi connectivity index (χ0v) is 13.7. The fourth-order valence-corrected chi connectivity index (χ4v) is 3.42. The molecule has 1 heterocycles. The first-order valence-corrected chi connectivity index (χ1v) is 8.36. The minimum absolute atomic E-state index is 0.0113. The number of nitrogens with one attached hydrogen (secondary N) is 1. The number of benzene rings is 1. The van der Waals surface area contributed by atoms with Crippen LogP contribution in [0.5, 0.6) is 0 Å². The largest absolute Gasteiger partial charge is 0.375 e. The molecule has 0 aliphatic rings. The fourth-order valence-electron chi connectivity index (χ4n) is 1.59. The Morgan fingerprint density at radius 2 is 2.36 bits per heavy atom. The quantitative estimate of drug-likeness (QED) is 0.273. The molecule has 0 radical (unpaired) electrons. The predicted octanol–water partition coefficient (Wildman–Crippen LogP) is 3.12. The molecule has 2 aromatic rings. The summed E-state index contributed by atoms with van der Waals surface area (Å²) in [5.41, 5.74) is 8.38. The Bertz CT molecular complexity index is 701. The van der Waals surface area contributed by atoms with E-state index in [1.807, 2.05) is 17.5 Å². The number of hydrogen-bond donors (Lipinski definition) is 2. The van der Waals surface area contributed by atoms with Crippen LogP contribution in [0.15, 0.2) is 45.7 Å². The van der Waals surface area contributed by atoms with Gasteiger partial charge in [0.1, 0.15) is 0 Å². The molecule has 3 N–H and O–H groups in total. The molecule has 0 aliphatic carbocycles. The van der Waals surface area contributed by atoms with Crippen LogP contribution < -0.4 is 11.2 Å². The van der Waals surface area contributed by atoms with Gasteiger partial charge in [0.05, 0.1) is 11.1 Å². The summed E-state index contributed by atoms with van der Waals surface area (Å²) < 4.78 is 0. The SMILES string of the molecule is NC(=S)N/N=C\c1cc([N+](=O)[O-])ccc1SCc1cccs1. The Balaban J connectivity index is 2.20. The molecule has 0 saturated carbocycles. The molecule has 22 heavy (non-hydrogen) atoms. The van der Waals surface area contributed by atoms with Gasteiger partial charge in [-0.05, 0) is 29.7 Å². The second-order valence-corrected chi connectivity index (χ2v) is 6.57. The number of thiophene rings is 1. The maximum absolute atomic E-state index is 10.9. The molecule has 2 rings (SSSR count). The van der Waals surface area contributed by atoms with E-state index in [2.05, 4.69) is 22.7 Å². The van der Waals surface area contributed by atoms with Crippen LogP contribution in [0.25, 0.3) is 0 Å². The molecule has 0 spiro atoms. The van der Waals surface area contributed by atoms with E-state index in [-0.39, 0.29) is 10.8 Å². The summed E-state index contributed by atoms with van der Waals surface area (Å²) in [5.74, 6) is 0.791. The Morgan fingerprint density at radius 3 is 3.00 bits per heavy atom. The molecule has 0 bridgehead atoms. The number of nitrogens with zero attached hydrogens (tertiary/aromatic N) is 2. The van der Waals surface area contributed by atoms with Gasteiger partial charge in [-0.2, -0.15) is 5.10 Å². The molecule has 0 aliphatic heterocycles. The van der Waals surface area contributed by atoms with Gasteiger partial charge in [0.2, 0.25) is 0 Å². The van der Waals surface area contributed by atoms with Gasteiger partial charge >= 0.3 is 0 Å². The van der Waals surface area contributed by atoms with Crippen molar-refractivity contribution in [2.45, 2.75) is 10.6 Å². The zero-order chi connectivity index (χ0) is 15.9. The topological polar surface area (TPSA) is 93.5 Å². The minimum Gasteiger partial charge on any atom is -0.375 e. The van der Waals surface area contributed by atoms with Crippen LogP contribution in [0.2, 0.25) is 0 Å². The Labute approximate surface area is 140 Å². The first-order valence-electron chi connectivity index (χ1n) is 6.08. The number of nitro benzene ring substituents is 1. The molecule has 0 atom stereocenters. The van der Waals surface area contributed by atoms with Crippen molar-refractivity contribution in [3.8, 4) is 0 Å². The summed E-state index contributed by atoms with van der Waals surface area (Å²) in [4.78, 5) is 12.6.